The summed E-state index contributed by atoms with van der Waals surface area (Å²) < 4.78 is 63.2. The van der Waals surface area contributed by atoms with Gasteiger partial charge in [-0.2, -0.15) is 0 Å². The van der Waals surface area contributed by atoms with Gasteiger partial charge in [0.1, 0.15) is 89.1 Å². The number of pyridine rings is 8. The maximum atomic E-state index is 12.4. The van der Waals surface area contributed by atoms with Crippen molar-refractivity contribution in [3.8, 4) is 68.0 Å². The first-order chi connectivity index (χ1) is 58.0. The monoisotopic (exact) mass is 1700 g/mol. The minimum Gasteiger partial charge on any atom is -0.508 e. The van der Waals surface area contributed by atoms with Crippen LogP contribution >= 0.6 is 0 Å². The molecule has 2 unspecified atom stereocenters. The van der Waals surface area contributed by atoms with Gasteiger partial charge in [0.15, 0.2) is 8.32 Å². The van der Waals surface area contributed by atoms with Crippen molar-refractivity contribution in [2.75, 3.05) is 66.6 Å². The molecule has 12 rings (SSSR count). The largest absolute Gasteiger partial charge is 0.508 e. The number of fused-ring (bicyclic) bond motifs is 4. The highest BCUT2D eigenvalue weighted by molar-refractivity contribution is 6.74. The number of anilines is 4. The van der Waals surface area contributed by atoms with Gasteiger partial charge in [0.2, 0.25) is 0 Å². The molecule has 3 amide bonds. The van der Waals surface area contributed by atoms with Gasteiger partial charge in [-0.3, -0.25) is 15.1 Å². The van der Waals surface area contributed by atoms with Crippen molar-refractivity contribution in [3.05, 3.63) is 195 Å². The molecule has 0 aliphatic heterocycles. The van der Waals surface area contributed by atoms with Crippen LogP contribution in [-0.4, -0.2) is 169 Å². The number of phenols is 1. The molecule has 0 bridgehead atoms. The molecule has 2 atom stereocenters. The fourth-order valence-electron chi connectivity index (χ4n) is 11.5. The Balaban J connectivity index is 0.000000195. The van der Waals surface area contributed by atoms with E-state index in [0.717, 1.165) is 113 Å². The van der Waals surface area contributed by atoms with E-state index < -0.39 is 69.0 Å². The van der Waals surface area contributed by atoms with E-state index >= 15 is 0 Å². The van der Waals surface area contributed by atoms with Crippen LogP contribution in [0.5, 0.6) is 23.0 Å². The number of hydrogen-bond donors (Lipinski definition) is 5. The van der Waals surface area contributed by atoms with Gasteiger partial charge in [-0.1, -0.05) is 45.0 Å². The second-order valence-electron chi connectivity index (χ2n) is 33.8. The Hall–Kier alpha value is -12.1. The molecule has 4 aromatic carbocycles. The Bertz CT molecular complexity index is 5430. The number of carbonyl (C=O) groups excluding carboxylic acids is 3. The number of aliphatic hydroxyl groups is 2. The number of amides is 3. The van der Waals surface area contributed by atoms with Crippen LogP contribution in [0.15, 0.2) is 195 Å². The number of phenolic OH excluding ortho intramolecular Hbond substituents is 1. The molecule has 0 saturated heterocycles. The lowest BCUT2D eigenvalue weighted by Gasteiger charge is -2.38. The highest BCUT2D eigenvalue weighted by Crippen LogP contribution is 2.38. The topological polar surface area (TPSA) is 310 Å². The summed E-state index contributed by atoms with van der Waals surface area (Å²) in [6, 6.07) is 52.7. The van der Waals surface area contributed by atoms with E-state index in [4.69, 9.17) is 47.9 Å². The van der Waals surface area contributed by atoms with Crippen molar-refractivity contribution in [2.24, 2.45) is 0 Å². The SMILES string of the molecule is CC(C)(C)[Si](C)(C)OC(CO)CF.CC(C)Oc1ccc2nc(-c3ccc(NC(=O)OC(C)(C)C)nc3)ccc2c1.CCN(C(=O)OC(C)(C)C)c1ccc(-c2ccc3cc(O)ccc3n2)cn1.CCN(C(=O)OC(C)(C)C)c1ccc(-c2ccc3cc(OC(C)C)ccc3n2)cn1.CCNc1ccc(-c2ccc3cc(OCC(O)CF)ccc3n2)cn1. The lowest BCUT2D eigenvalue weighted by Crippen LogP contribution is -2.45. The van der Waals surface area contributed by atoms with Gasteiger partial charge in [0.05, 0.1) is 69.8 Å². The molecule has 123 heavy (non-hydrogen) atoms. The zero-order valence-electron chi connectivity index (χ0n) is 74.4. The van der Waals surface area contributed by atoms with Crippen LogP contribution in [0.25, 0.3) is 88.6 Å². The van der Waals surface area contributed by atoms with Gasteiger partial charge in [0, 0.05) is 88.2 Å². The van der Waals surface area contributed by atoms with Gasteiger partial charge >= 0.3 is 18.3 Å². The van der Waals surface area contributed by atoms with Gasteiger partial charge in [-0.25, -0.2) is 63.0 Å². The number of rotatable bonds is 23. The first-order valence-electron chi connectivity index (χ1n) is 41.0. The van der Waals surface area contributed by atoms with E-state index in [1.165, 1.54) is 9.80 Å². The number of nitrogens with one attached hydrogen (secondary N) is 2. The smallest absolute Gasteiger partial charge is 0.415 e. The van der Waals surface area contributed by atoms with E-state index in [1.807, 2.05) is 257 Å². The molecular weight excluding hydrogens is 1580 g/mol. The Morgan fingerprint density at radius 2 is 0.837 bits per heavy atom. The highest BCUT2D eigenvalue weighted by Gasteiger charge is 2.39. The maximum absolute atomic E-state index is 12.4. The first kappa shape index (κ1) is 96.3. The Kier molecular flexibility index (Phi) is 34.1. The van der Waals surface area contributed by atoms with Crippen LogP contribution in [0.3, 0.4) is 0 Å². The number of aliphatic hydroxyl groups excluding tert-OH is 2. The van der Waals surface area contributed by atoms with E-state index in [2.05, 4.69) is 61.3 Å². The second-order valence-corrected chi connectivity index (χ2v) is 38.6. The molecule has 28 heteroatoms. The van der Waals surface area contributed by atoms with Crippen LogP contribution < -0.4 is 34.6 Å². The summed E-state index contributed by atoms with van der Waals surface area (Å²) in [6.07, 6.45) is 4.04. The standard InChI is InChI=1S/C24H29N3O3.C22H25N3O3.C21H23N3O3.C19H20FN3O2.C9H21FO2Si/c1-7-27(23(28)30-24(4,5)6)22-13-9-18(15-25-22)21-11-8-17-14-19(29-16(2)3)10-12-20(17)26-21;1-14(2)27-17-8-10-18-15(12-17)6-9-19(24-18)16-7-11-20(23-13-16)25-21(26)28-22(3,4)5;1-5-24(20(26)27-21(2,3)4)19-11-7-15(13-22-19)18-9-6-14-12-16(25)8-10-17(14)23-18;1-2-21-19-8-4-14(11-22-19)18-6-3-13-9-16(5-7-17(13)23-18)25-12-15(24)10-20;1-9(2,3)13(4,5)12-8(6-10)7-11/h8-16H,7H2,1-6H3;6-14H,1-5H3,(H,23,25,26);6-13,25H,5H2,1-4H3;3-9,11,15,24H,2,10,12H2,1H3,(H,21,22);8,11H,6-7H2,1-5H3. The van der Waals surface area contributed by atoms with Crippen molar-refractivity contribution in [3.63, 3.8) is 0 Å². The molecule has 0 saturated carbocycles. The highest BCUT2D eigenvalue weighted by atomic mass is 28.4. The lowest BCUT2D eigenvalue weighted by atomic mass is 10.1. The number of benzene rings is 4. The maximum Gasteiger partial charge on any atom is 0.415 e. The second kappa shape index (κ2) is 43.6. The first-order valence-corrected chi connectivity index (χ1v) is 43.9. The van der Waals surface area contributed by atoms with Crippen molar-refractivity contribution in [1.29, 1.82) is 0 Å². The molecule has 0 aliphatic rings. The molecule has 25 nitrogen and oxygen atoms in total. The number of aromatic hydroxyl groups is 1. The summed E-state index contributed by atoms with van der Waals surface area (Å²) in [5.74, 6) is 4.79. The molecule has 0 spiro atoms. The molecule has 0 aliphatic carbocycles. The molecule has 0 radical (unpaired) electrons. The summed E-state index contributed by atoms with van der Waals surface area (Å²) in [7, 11) is -1.91. The Labute approximate surface area is 721 Å². The third kappa shape index (κ3) is 29.9. The van der Waals surface area contributed by atoms with Crippen LogP contribution in [-0.2, 0) is 18.6 Å². The summed E-state index contributed by atoms with van der Waals surface area (Å²) in [5.41, 5.74) is 8.46. The van der Waals surface area contributed by atoms with E-state index in [-0.39, 0.29) is 36.2 Å². The molecular formula is C95H118F2N12O13Si. The van der Waals surface area contributed by atoms with E-state index in [1.54, 1.807) is 61.2 Å². The Morgan fingerprint density at radius 3 is 1.17 bits per heavy atom. The van der Waals surface area contributed by atoms with Crippen molar-refractivity contribution in [1.82, 2.24) is 39.9 Å². The fourth-order valence-corrected chi connectivity index (χ4v) is 12.8. The van der Waals surface area contributed by atoms with Crippen molar-refractivity contribution < 1.29 is 71.3 Å². The van der Waals surface area contributed by atoms with Gasteiger partial charge in [0.25, 0.3) is 0 Å². The predicted molar refractivity (Wildman–Crippen MR) is 488 cm³/mol. The number of halogens is 2. The van der Waals surface area contributed by atoms with Gasteiger partial charge in [-0.15, -0.1) is 0 Å². The van der Waals surface area contributed by atoms with Crippen LogP contribution in [0.2, 0.25) is 18.1 Å². The van der Waals surface area contributed by atoms with Crippen LogP contribution in [0, 0.1) is 0 Å². The zero-order chi connectivity index (χ0) is 90.2. The number of alkyl halides is 2. The quantitative estimate of drug-likeness (QED) is 0.0293. The normalized spacial score (nSPS) is 12.1. The molecule has 5 N–H and O–H groups in total. The number of aromatic nitrogens is 8. The third-order valence-corrected chi connectivity index (χ3v) is 22.8. The van der Waals surface area contributed by atoms with Crippen molar-refractivity contribution >= 4 is 93.5 Å². The zero-order valence-corrected chi connectivity index (χ0v) is 75.4. The fraction of sp³-hybridized carbons (Fsp3) is 0.379. The average molecular weight is 1700 g/mol. The summed E-state index contributed by atoms with van der Waals surface area (Å²) in [4.78, 5) is 75.8. The summed E-state index contributed by atoms with van der Waals surface area (Å²) in [6.45, 7) is 40.7. The number of hydrogen-bond acceptors (Lipinski definition) is 22. The third-order valence-electron chi connectivity index (χ3n) is 18.3. The minimum atomic E-state index is -1.91. The minimum absolute atomic E-state index is 0.0651. The number of nitrogens with zero attached hydrogens (tertiary/aromatic N) is 10. The molecule has 8 heterocycles. The van der Waals surface area contributed by atoms with E-state index in [9.17, 15) is 33.4 Å². The van der Waals surface area contributed by atoms with Gasteiger partial charge in [-0.05, 0) is 275 Å². The number of carbonyl (C=O) groups is 3. The van der Waals surface area contributed by atoms with Crippen molar-refractivity contribution in [2.45, 2.75) is 191 Å². The molecule has 8 aromatic heterocycles. The summed E-state index contributed by atoms with van der Waals surface area (Å²) in [5, 5.41) is 37.2. The predicted octanol–water partition coefficient (Wildman–Crippen LogP) is 21.8. The average Bonchev–Trinajstić information content (AvgIpc) is 0.811. The van der Waals surface area contributed by atoms with Crippen LogP contribution in [0.4, 0.5) is 46.4 Å². The Morgan fingerprint density at radius 1 is 0.463 bits per heavy atom. The van der Waals surface area contributed by atoms with Gasteiger partial charge < -0.3 is 53.5 Å². The van der Waals surface area contributed by atoms with Crippen LogP contribution in [0.1, 0.15) is 132 Å². The summed E-state index contributed by atoms with van der Waals surface area (Å²) >= 11 is 0. The number of ether oxygens (including phenoxy) is 6. The molecule has 654 valence electrons. The molecule has 0 fully saturated rings. The molecule has 12 aromatic rings. The lowest BCUT2D eigenvalue weighted by molar-refractivity contribution is 0.0570. The van der Waals surface area contributed by atoms with E-state index in [0.29, 0.717) is 36.3 Å².